The molecule has 1 aromatic carbocycles. The summed E-state index contributed by atoms with van der Waals surface area (Å²) in [7, 11) is 5.70. The van der Waals surface area contributed by atoms with Gasteiger partial charge in [-0.1, -0.05) is 12.1 Å². The molecule has 0 radical (unpaired) electrons. The third kappa shape index (κ3) is 2.79. The minimum absolute atomic E-state index is 0.0830. The van der Waals surface area contributed by atoms with Crippen LogP contribution in [0, 0.1) is 0 Å². The van der Waals surface area contributed by atoms with E-state index in [1.807, 2.05) is 43.3 Å². The second-order valence-corrected chi connectivity index (χ2v) is 4.55. The van der Waals surface area contributed by atoms with Crippen LogP contribution in [0.25, 0.3) is 11.4 Å². The van der Waals surface area contributed by atoms with Gasteiger partial charge in [-0.05, 0) is 19.1 Å². The average Bonchev–Trinajstić information content (AvgIpc) is 2.81. The maximum Gasteiger partial charge on any atom is 0.378 e. The quantitative estimate of drug-likeness (QED) is 0.795. The highest BCUT2D eigenvalue weighted by Crippen LogP contribution is 2.22. The van der Waals surface area contributed by atoms with E-state index < -0.39 is 5.97 Å². The number of anilines is 1. The Morgan fingerprint density at radius 2 is 2.15 bits per heavy atom. The van der Waals surface area contributed by atoms with Gasteiger partial charge in [-0.2, -0.15) is 0 Å². The molecule has 6 heteroatoms. The first-order valence-corrected chi connectivity index (χ1v) is 6.39. The Morgan fingerprint density at radius 3 is 2.80 bits per heavy atom. The number of aryl methyl sites for hydroxylation is 1. The zero-order valence-electron chi connectivity index (χ0n) is 12.1. The maximum absolute atomic E-state index is 11.6. The molecule has 0 aliphatic heterocycles. The number of hydrogen-bond donors (Lipinski definition) is 0. The molecule has 0 saturated heterocycles. The van der Waals surface area contributed by atoms with Crippen LogP contribution in [-0.4, -0.2) is 41.4 Å². The lowest BCUT2D eigenvalue weighted by Gasteiger charge is -2.13. The van der Waals surface area contributed by atoms with Crippen molar-refractivity contribution < 1.29 is 9.53 Å². The van der Waals surface area contributed by atoms with Gasteiger partial charge in [0, 0.05) is 32.4 Å². The number of rotatable bonds is 4. The van der Waals surface area contributed by atoms with Crippen molar-refractivity contribution >= 4 is 11.7 Å². The van der Waals surface area contributed by atoms with Crippen molar-refractivity contribution in [3.8, 4) is 11.4 Å². The molecule has 1 heterocycles. The van der Waals surface area contributed by atoms with Gasteiger partial charge in [0.05, 0.1) is 6.61 Å². The van der Waals surface area contributed by atoms with Crippen LogP contribution in [0.4, 0.5) is 5.69 Å². The summed E-state index contributed by atoms with van der Waals surface area (Å²) in [6.45, 7) is 2.06. The average molecular weight is 274 g/mol. The van der Waals surface area contributed by atoms with Crippen molar-refractivity contribution in [3.05, 3.63) is 30.1 Å². The van der Waals surface area contributed by atoms with Gasteiger partial charge < -0.3 is 9.64 Å². The molecule has 2 aromatic rings. The van der Waals surface area contributed by atoms with E-state index in [2.05, 4.69) is 10.1 Å². The highest BCUT2D eigenvalue weighted by molar-refractivity contribution is 5.85. The van der Waals surface area contributed by atoms with Crippen molar-refractivity contribution in [1.82, 2.24) is 14.8 Å². The molecule has 0 spiro atoms. The minimum atomic E-state index is -0.502. The van der Waals surface area contributed by atoms with Crippen molar-refractivity contribution in [2.45, 2.75) is 6.92 Å². The lowest BCUT2D eigenvalue weighted by molar-refractivity contribution is 0.0512. The van der Waals surface area contributed by atoms with Gasteiger partial charge in [-0.25, -0.2) is 14.5 Å². The number of carbonyl (C=O) groups excluding carboxylic acids is 1. The van der Waals surface area contributed by atoms with Gasteiger partial charge in [0.2, 0.25) is 0 Å². The summed E-state index contributed by atoms with van der Waals surface area (Å²) in [5, 5.41) is 4.10. The van der Waals surface area contributed by atoms with Crippen LogP contribution in [0.1, 0.15) is 17.5 Å². The minimum Gasteiger partial charge on any atom is -0.460 e. The van der Waals surface area contributed by atoms with Gasteiger partial charge in [-0.3, -0.25) is 0 Å². The van der Waals surface area contributed by atoms with Gasteiger partial charge in [0.25, 0.3) is 5.82 Å². The molecule has 0 amide bonds. The zero-order chi connectivity index (χ0) is 14.7. The third-order valence-corrected chi connectivity index (χ3v) is 2.84. The Kier molecular flexibility index (Phi) is 4.02. The second-order valence-electron chi connectivity index (χ2n) is 4.55. The highest BCUT2D eigenvalue weighted by Gasteiger charge is 2.17. The number of ether oxygens (including phenoxy) is 1. The maximum atomic E-state index is 11.6. The zero-order valence-corrected chi connectivity index (χ0v) is 12.1. The Hall–Kier alpha value is -2.37. The molecule has 0 N–H and O–H groups in total. The van der Waals surface area contributed by atoms with Gasteiger partial charge in [0.15, 0.2) is 5.82 Å². The summed E-state index contributed by atoms with van der Waals surface area (Å²) >= 11 is 0. The fourth-order valence-corrected chi connectivity index (χ4v) is 1.84. The SMILES string of the molecule is CCOC(=O)c1nc(-c2cccc(N(C)C)c2)n(C)n1. The summed E-state index contributed by atoms with van der Waals surface area (Å²) in [6, 6.07) is 7.89. The summed E-state index contributed by atoms with van der Waals surface area (Å²) in [5.41, 5.74) is 1.96. The Balaban J connectivity index is 2.38. The molecule has 0 aliphatic carbocycles. The molecule has 0 saturated carbocycles. The van der Waals surface area contributed by atoms with Crippen LogP contribution in [0.15, 0.2) is 24.3 Å². The number of esters is 1. The van der Waals surface area contributed by atoms with Crippen LogP contribution in [0.2, 0.25) is 0 Å². The Bertz CT molecular complexity index is 619. The largest absolute Gasteiger partial charge is 0.460 e. The Labute approximate surface area is 118 Å². The lowest BCUT2D eigenvalue weighted by Crippen LogP contribution is -2.08. The second kappa shape index (κ2) is 5.73. The topological polar surface area (TPSA) is 60.2 Å². The molecule has 0 aliphatic rings. The van der Waals surface area contributed by atoms with E-state index in [4.69, 9.17) is 4.74 Å². The Morgan fingerprint density at radius 1 is 1.40 bits per heavy atom. The molecule has 0 bridgehead atoms. The van der Waals surface area contributed by atoms with Crippen molar-refractivity contribution in [2.75, 3.05) is 25.6 Å². The van der Waals surface area contributed by atoms with E-state index in [9.17, 15) is 4.79 Å². The fraction of sp³-hybridized carbons (Fsp3) is 0.357. The predicted molar refractivity (Wildman–Crippen MR) is 76.7 cm³/mol. The standard InChI is InChI=1S/C14H18N4O2/c1-5-20-14(19)12-15-13(18(4)16-12)10-7-6-8-11(9-10)17(2)3/h6-9H,5H2,1-4H3. The van der Waals surface area contributed by atoms with Crippen LogP contribution in [0.5, 0.6) is 0 Å². The first-order valence-electron chi connectivity index (χ1n) is 6.39. The molecule has 106 valence electrons. The highest BCUT2D eigenvalue weighted by atomic mass is 16.5. The van der Waals surface area contributed by atoms with Gasteiger partial charge in [-0.15, -0.1) is 5.10 Å². The van der Waals surface area contributed by atoms with Gasteiger partial charge in [0.1, 0.15) is 0 Å². The lowest BCUT2D eigenvalue weighted by atomic mass is 10.2. The molecule has 0 fully saturated rings. The third-order valence-electron chi connectivity index (χ3n) is 2.84. The number of benzene rings is 1. The molecule has 20 heavy (non-hydrogen) atoms. The first-order chi connectivity index (χ1) is 9.52. The summed E-state index contributed by atoms with van der Waals surface area (Å²) in [5.74, 6) is 0.217. The monoisotopic (exact) mass is 274 g/mol. The smallest absolute Gasteiger partial charge is 0.378 e. The summed E-state index contributed by atoms with van der Waals surface area (Å²) in [4.78, 5) is 17.9. The van der Waals surface area contributed by atoms with Crippen molar-refractivity contribution in [3.63, 3.8) is 0 Å². The molecule has 2 rings (SSSR count). The summed E-state index contributed by atoms with van der Waals surface area (Å²) < 4.78 is 6.49. The normalized spacial score (nSPS) is 10.4. The van der Waals surface area contributed by atoms with Crippen molar-refractivity contribution in [2.24, 2.45) is 7.05 Å². The molecule has 0 unspecified atom stereocenters. The number of hydrogen-bond acceptors (Lipinski definition) is 5. The van der Waals surface area contributed by atoms with Crippen molar-refractivity contribution in [1.29, 1.82) is 0 Å². The van der Waals surface area contributed by atoms with Crippen LogP contribution < -0.4 is 4.90 Å². The van der Waals surface area contributed by atoms with E-state index in [1.54, 1.807) is 18.7 Å². The van der Waals surface area contributed by atoms with E-state index in [0.717, 1.165) is 11.3 Å². The number of aromatic nitrogens is 3. The molecule has 0 atom stereocenters. The van der Waals surface area contributed by atoms with Crippen LogP contribution >= 0.6 is 0 Å². The first kappa shape index (κ1) is 14.0. The molecular formula is C14H18N4O2. The number of carbonyl (C=O) groups is 1. The summed E-state index contributed by atoms with van der Waals surface area (Å²) in [6.07, 6.45) is 0. The fourth-order valence-electron chi connectivity index (χ4n) is 1.84. The molecule has 1 aromatic heterocycles. The van der Waals surface area contributed by atoms with Crippen LogP contribution in [-0.2, 0) is 11.8 Å². The molecule has 6 nitrogen and oxygen atoms in total. The van der Waals surface area contributed by atoms with E-state index >= 15 is 0 Å². The van der Waals surface area contributed by atoms with E-state index in [-0.39, 0.29) is 5.82 Å². The van der Waals surface area contributed by atoms with Crippen LogP contribution in [0.3, 0.4) is 0 Å². The number of nitrogens with zero attached hydrogens (tertiary/aromatic N) is 4. The van der Waals surface area contributed by atoms with E-state index in [0.29, 0.717) is 12.4 Å². The predicted octanol–water partition coefficient (Wildman–Crippen LogP) is 1.72. The van der Waals surface area contributed by atoms with Gasteiger partial charge >= 0.3 is 5.97 Å². The van der Waals surface area contributed by atoms with E-state index in [1.165, 1.54) is 0 Å². The molecular weight excluding hydrogens is 256 g/mol.